The topological polar surface area (TPSA) is 64.4 Å². The molecule has 3 rings (SSSR count). The molecule has 0 unspecified atom stereocenters. The lowest BCUT2D eigenvalue weighted by atomic mass is 9.96. The molecule has 122 valence electrons. The number of hydrogen-bond acceptors (Lipinski definition) is 4. The molecule has 0 aliphatic carbocycles. The summed E-state index contributed by atoms with van der Waals surface area (Å²) in [5.41, 5.74) is 2.47. The van der Waals surface area contributed by atoms with Crippen molar-refractivity contribution in [3.8, 4) is 0 Å². The molecule has 1 fully saturated rings. The number of benzene rings is 1. The number of carbonyl (C=O) groups is 2. The molecule has 1 aromatic heterocycles. The molecule has 0 radical (unpaired) electrons. The summed E-state index contributed by atoms with van der Waals surface area (Å²) in [6.07, 6.45) is 3.07. The minimum atomic E-state index is -0.144. The molecule has 0 saturated carbocycles. The third-order valence-electron chi connectivity index (χ3n) is 4.37. The molecule has 2 aromatic rings. The van der Waals surface area contributed by atoms with E-state index in [1.165, 1.54) is 0 Å². The van der Waals surface area contributed by atoms with Crippen LogP contribution in [0.25, 0.3) is 11.0 Å². The van der Waals surface area contributed by atoms with Crippen molar-refractivity contribution in [2.45, 2.75) is 19.8 Å². The number of hydrogen-bond donors (Lipinski definition) is 0. The molecule has 6 nitrogen and oxygen atoms in total. The molecule has 0 bridgehead atoms. The minimum Gasteiger partial charge on any atom is -0.466 e. The number of aromatic nitrogens is 2. The number of ether oxygens (including phenoxy) is 1. The zero-order valence-corrected chi connectivity index (χ0v) is 13.5. The van der Waals surface area contributed by atoms with Gasteiger partial charge in [-0.1, -0.05) is 0 Å². The van der Waals surface area contributed by atoms with Crippen LogP contribution < -0.4 is 0 Å². The third kappa shape index (κ3) is 3.06. The fourth-order valence-corrected chi connectivity index (χ4v) is 3.03. The molecule has 1 aliphatic heterocycles. The molecule has 0 atom stereocenters. The average molecular weight is 315 g/mol. The molecule has 1 amide bonds. The van der Waals surface area contributed by atoms with Gasteiger partial charge in [-0.05, 0) is 38.0 Å². The molecule has 2 heterocycles. The van der Waals surface area contributed by atoms with Crippen LogP contribution in [0.2, 0.25) is 0 Å². The van der Waals surface area contributed by atoms with Gasteiger partial charge in [0.2, 0.25) is 0 Å². The first-order valence-electron chi connectivity index (χ1n) is 7.97. The van der Waals surface area contributed by atoms with Crippen LogP contribution in [0, 0.1) is 5.92 Å². The number of rotatable bonds is 3. The van der Waals surface area contributed by atoms with E-state index in [0.717, 1.165) is 11.0 Å². The lowest BCUT2D eigenvalue weighted by Gasteiger charge is -2.31. The van der Waals surface area contributed by atoms with Gasteiger partial charge in [-0.2, -0.15) is 0 Å². The van der Waals surface area contributed by atoms with E-state index >= 15 is 0 Å². The first-order chi connectivity index (χ1) is 11.1. The highest BCUT2D eigenvalue weighted by Gasteiger charge is 2.28. The van der Waals surface area contributed by atoms with Crippen LogP contribution in [-0.2, 0) is 16.6 Å². The Kier molecular flexibility index (Phi) is 4.32. The van der Waals surface area contributed by atoms with Crippen LogP contribution in [0.3, 0.4) is 0 Å². The van der Waals surface area contributed by atoms with Crippen LogP contribution >= 0.6 is 0 Å². The summed E-state index contributed by atoms with van der Waals surface area (Å²) in [4.78, 5) is 30.5. The van der Waals surface area contributed by atoms with E-state index in [1.807, 2.05) is 36.7 Å². The Labute approximate surface area is 135 Å². The number of imidazole rings is 1. The molecule has 0 spiro atoms. The number of nitrogens with zero attached hydrogens (tertiary/aromatic N) is 3. The first-order valence-corrected chi connectivity index (χ1v) is 7.97. The monoisotopic (exact) mass is 315 g/mol. The van der Waals surface area contributed by atoms with Crippen LogP contribution in [0.1, 0.15) is 30.1 Å². The zero-order chi connectivity index (χ0) is 16.4. The van der Waals surface area contributed by atoms with Crippen molar-refractivity contribution >= 4 is 22.9 Å². The highest BCUT2D eigenvalue weighted by atomic mass is 16.5. The number of piperidine rings is 1. The Hall–Kier alpha value is -2.37. The predicted molar refractivity (Wildman–Crippen MR) is 86.0 cm³/mol. The van der Waals surface area contributed by atoms with Crippen molar-refractivity contribution in [2.75, 3.05) is 19.7 Å². The highest BCUT2D eigenvalue weighted by Crippen LogP contribution is 2.21. The fourth-order valence-electron chi connectivity index (χ4n) is 3.03. The fraction of sp³-hybridized carbons (Fsp3) is 0.471. The van der Waals surface area contributed by atoms with Crippen molar-refractivity contribution in [3.63, 3.8) is 0 Å². The van der Waals surface area contributed by atoms with Crippen LogP contribution in [0.4, 0.5) is 0 Å². The Balaban J connectivity index is 1.67. The number of aryl methyl sites for hydroxylation is 1. The van der Waals surface area contributed by atoms with Gasteiger partial charge in [0.05, 0.1) is 29.9 Å². The van der Waals surface area contributed by atoms with Gasteiger partial charge in [0.1, 0.15) is 0 Å². The number of esters is 1. The number of amides is 1. The normalized spacial score (nSPS) is 15.8. The van der Waals surface area contributed by atoms with Gasteiger partial charge in [0, 0.05) is 25.7 Å². The van der Waals surface area contributed by atoms with Gasteiger partial charge in [-0.25, -0.2) is 4.98 Å². The molecule has 0 N–H and O–H groups in total. The maximum atomic E-state index is 12.6. The largest absolute Gasteiger partial charge is 0.466 e. The summed E-state index contributed by atoms with van der Waals surface area (Å²) < 4.78 is 6.98. The summed E-state index contributed by atoms with van der Waals surface area (Å²) in [7, 11) is 1.93. The minimum absolute atomic E-state index is 0.000128. The molecule has 1 aliphatic rings. The van der Waals surface area contributed by atoms with E-state index in [-0.39, 0.29) is 17.8 Å². The second-order valence-corrected chi connectivity index (χ2v) is 5.88. The number of carbonyl (C=O) groups excluding carboxylic acids is 2. The average Bonchev–Trinajstić information content (AvgIpc) is 2.95. The van der Waals surface area contributed by atoms with Crippen molar-refractivity contribution in [1.82, 2.24) is 14.5 Å². The standard InChI is InChI=1S/C17H21N3O3/c1-3-23-17(22)12-6-8-20(9-7-12)16(21)13-4-5-15-14(10-13)18-11-19(15)2/h4-5,10-12H,3,6-9H2,1-2H3. The van der Waals surface area contributed by atoms with Crippen molar-refractivity contribution in [2.24, 2.45) is 13.0 Å². The summed E-state index contributed by atoms with van der Waals surface area (Å²) in [6, 6.07) is 5.58. The van der Waals surface area contributed by atoms with Crippen LogP contribution in [0.15, 0.2) is 24.5 Å². The molecule has 1 aromatic carbocycles. The summed E-state index contributed by atoms with van der Waals surface area (Å²) in [5.74, 6) is -0.230. The lowest BCUT2D eigenvalue weighted by molar-refractivity contribution is -0.149. The maximum absolute atomic E-state index is 12.6. The quantitative estimate of drug-likeness (QED) is 0.813. The SMILES string of the molecule is CCOC(=O)C1CCN(C(=O)c2ccc3c(c2)ncn3C)CC1. The van der Waals surface area contributed by atoms with E-state index in [1.54, 1.807) is 11.2 Å². The van der Waals surface area contributed by atoms with Gasteiger partial charge in [-0.15, -0.1) is 0 Å². The van der Waals surface area contributed by atoms with E-state index < -0.39 is 0 Å². The smallest absolute Gasteiger partial charge is 0.309 e. The van der Waals surface area contributed by atoms with Gasteiger partial charge in [0.25, 0.3) is 5.91 Å². The van der Waals surface area contributed by atoms with Crippen molar-refractivity contribution < 1.29 is 14.3 Å². The molecule has 1 saturated heterocycles. The Morgan fingerprint density at radius 2 is 2.04 bits per heavy atom. The second kappa shape index (κ2) is 6.40. The van der Waals surface area contributed by atoms with Crippen LogP contribution in [0.5, 0.6) is 0 Å². The van der Waals surface area contributed by atoms with Crippen LogP contribution in [-0.4, -0.2) is 46.0 Å². The van der Waals surface area contributed by atoms with E-state index in [0.29, 0.717) is 38.1 Å². The first kappa shape index (κ1) is 15.5. The second-order valence-electron chi connectivity index (χ2n) is 5.88. The lowest BCUT2D eigenvalue weighted by Crippen LogP contribution is -2.40. The third-order valence-corrected chi connectivity index (χ3v) is 4.37. The summed E-state index contributed by atoms with van der Waals surface area (Å²) in [6.45, 7) is 3.39. The highest BCUT2D eigenvalue weighted by molar-refractivity contribution is 5.97. The zero-order valence-electron chi connectivity index (χ0n) is 13.5. The van der Waals surface area contributed by atoms with Crippen molar-refractivity contribution in [1.29, 1.82) is 0 Å². The molecule has 6 heteroatoms. The van der Waals surface area contributed by atoms with Gasteiger partial charge < -0.3 is 14.2 Å². The summed E-state index contributed by atoms with van der Waals surface area (Å²) in [5, 5.41) is 0. The Morgan fingerprint density at radius 1 is 1.30 bits per heavy atom. The number of fused-ring (bicyclic) bond motifs is 1. The Bertz CT molecular complexity index is 730. The van der Waals surface area contributed by atoms with Gasteiger partial charge in [-0.3, -0.25) is 9.59 Å². The maximum Gasteiger partial charge on any atom is 0.309 e. The Morgan fingerprint density at radius 3 is 2.74 bits per heavy atom. The van der Waals surface area contributed by atoms with E-state index in [2.05, 4.69) is 4.98 Å². The molecular weight excluding hydrogens is 294 g/mol. The van der Waals surface area contributed by atoms with Gasteiger partial charge >= 0.3 is 5.97 Å². The summed E-state index contributed by atoms with van der Waals surface area (Å²) >= 11 is 0. The van der Waals surface area contributed by atoms with E-state index in [4.69, 9.17) is 4.74 Å². The predicted octanol–water partition coefficient (Wildman–Crippen LogP) is 1.99. The number of likely N-dealkylation sites (tertiary alicyclic amines) is 1. The molecule has 23 heavy (non-hydrogen) atoms. The van der Waals surface area contributed by atoms with E-state index in [9.17, 15) is 9.59 Å². The van der Waals surface area contributed by atoms with Crippen molar-refractivity contribution in [3.05, 3.63) is 30.1 Å². The molecular formula is C17H21N3O3. The van der Waals surface area contributed by atoms with Gasteiger partial charge in [0.15, 0.2) is 0 Å².